The van der Waals surface area contributed by atoms with Crippen LogP contribution in [0, 0.1) is 5.92 Å². The van der Waals surface area contributed by atoms with Crippen molar-refractivity contribution in [1.82, 2.24) is 5.32 Å². The van der Waals surface area contributed by atoms with Crippen LogP contribution >= 0.6 is 0 Å². The van der Waals surface area contributed by atoms with Crippen LogP contribution in [0.4, 0.5) is 16.2 Å². The van der Waals surface area contributed by atoms with E-state index in [1.807, 2.05) is 36.4 Å². The standard InChI is InChI=1S/C22H23N3O/c26-22(24-21-12-6-8-18-7-4-5-11-20(18)21)23-15-17-13-14-25(16-17)19-9-2-1-3-10-19/h1-12,17H,13-16H2,(H2,23,24,26). The topological polar surface area (TPSA) is 44.4 Å². The van der Waals surface area contributed by atoms with E-state index in [9.17, 15) is 4.79 Å². The minimum Gasteiger partial charge on any atom is -0.371 e. The summed E-state index contributed by atoms with van der Waals surface area (Å²) in [5.41, 5.74) is 2.10. The van der Waals surface area contributed by atoms with Gasteiger partial charge in [-0.1, -0.05) is 54.6 Å². The predicted molar refractivity (Wildman–Crippen MR) is 108 cm³/mol. The first kappa shape index (κ1) is 16.5. The summed E-state index contributed by atoms with van der Waals surface area (Å²) in [4.78, 5) is 14.7. The van der Waals surface area contributed by atoms with Gasteiger partial charge in [-0.25, -0.2) is 4.79 Å². The molecule has 1 aliphatic rings. The van der Waals surface area contributed by atoms with Gasteiger partial charge in [0.2, 0.25) is 0 Å². The molecule has 3 aromatic carbocycles. The van der Waals surface area contributed by atoms with Gasteiger partial charge in [0, 0.05) is 30.7 Å². The number of carbonyl (C=O) groups excluding carboxylic acids is 1. The Labute approximate surface area is 153 Å². The van der Waals surface area contributed by atoms with Gasteiger partial charge >= 0.3 is 6.03 Å². The molecule has 1 heterocycles. The fraction of sp³-hybridized carbons (Fsp3) is 0.227. The molecule has 2 N–H and O–H groups in total. The number of hydrogen-bond acceptors (Lipinski definition) is 2. The van der Waals surface area contributed by atoms with Crippen molar-refractivity contribution in [3.63, 3.8) is 0 Å². The highest BCUT2D eigenvalue weighted by Crippen LogP contribution is 2.24. The molecule has 1 unspecified atom stereocenters. The Kier molecular flexibility index (Phi) is 4.73. The minimum atomic E-state index is -0.139. The van der Waals surface area contributed by atoms with Gasteiger partial charge in [0.15, 0.2) is 0 Å². The zero-order valence-corrected chi connectivity index (χ0v) is 14.7. The molecule has 4 nitrogen and oxygen atoms in total. The molecule has 0 aromatic heterocycles. The molecular formula is C22H23N3O. The SMILES string of the molecule is O=C(NCC1CCN(c2ccccc2)C1)Nc1cccc2ccccc12. The number of carbonyl (C=O) groups is 1. The van der Waals surface area contributed by atoms with Crippen molar-refractivity contribution in [2.45, 2.75) is 6.42 Å². The summed E-state index contributed by atoms with van der Waals surface area (Å²) in [6.07, 6.45) is 1.10. The molecule has 26 heavy (non-hydrogen) atoms. The molecule has 1 saturated heterocycles. The Morgan fingerprint density at radius 3 is 2.62 bits per heavy atom. The van der Waals surface area contributed by atoms with Crippen molar-refractivity contribution in [2.75, 3.05) is 29.9 Å². The number of hydrogen-bond donors (Lipinski definition) is 2. The maximum atomic E-state index is 12.3. The lowest BCUT2D eigenvalue weighted by molar-refractivity contribution is 0.250. The van der Waals surface area contributed by atoms with Crippen LogP contribution in [0.1, 0.15) is 6.42 Å². The maximum absolute atomic E-state index is 12.3. The summed E-state index contributed by atoms with van der Waals surface area (Å²) in [6.45, 7) is 2.72. The second kappa shape index (κ2) is 7.48. The van der Waals surface area contributed by atoms with Crippen molar-refractivity contribution in [3.8, 4) is 0 Å². The molecular weight excluding hydrogens is 322 g/mol. The van der Waals surface area contributed by atoms with Crippen LogP contribution in [0.25, 0.3) is 10.8 Å². The van der Waals surface area contributed by atoms with Crippen LogP contribution in [-0.4, -0.2) is 25.7 Å². The van der Waals surface area contributed by atoms with Gasteiger partial charge < -0.3 is 15.5 Å². The first-order valence-corrected chi connectivity index (χ1v) is 9.12. The van der Waals surface area contributed by atoms with Crippen molar-refractivity contribution < 1.29 is 4.79 Å². The average molecular weight is 345 g/mol. The van der Waals surface area contributed by atoms with E-state index in [1.165, 1.54) is 5.69 Å². The molecule has 1 atom stereocenters. The first-order valence-electron chi connectivity index (χ1n) is 9.12. The normalized spacial score (nSPS) is 16.6. The van der Waals surface area contributed by atoms with E-state index in [1.54, 1.807) is 0 Å². The molecule has 4 rings (SSSR count). The number of para-hydroxylation sites is 1. The Morgan fingerprint density at radius 2 is 1.73 bits per heavy atom. The molecule has 0 spiro atoms. The average Bonchev–Trinajstić information content (AvgIpc) is 3.17. The van der Waals surface area contributed by atoms with Crippen LogP contribution in [0.5, 0.6) is 0 Å². The fourth-order valence-corrected chi connectivity index (χ4v) is 3.61. The number of nitrogens with one attached hydrogen (secondary N) is 2. The Bertz CT molecular complexity index is 889. The molecule has 1 aliphatic heterocycles. The zero-order chi connectivity index (χ0) is 17.8. The van der Waals surface area contributed by atoms with Gasteiger partial charge in [-0.05, 0) is 35.9 Å². The van der Waals surface area contributed by atoms with Crippen LogP contribution in [0.2, 0.25) is 0 Å². The second-order valence-corrected chi connectivity index (χ2v) is 6.80. The smallest absolute Gasteiger partial charge is 0.319 e. The van der Waals surface area contributed by atoms with Crippen LogP contribution in [-0.2, 0) is 0 Å². The minimum absolute atomic E-state index is 0.139. The molecule has 132 valence electrons. The van der Waals surface area contributed by atoms with E-state index >= 15 is 0 Å². The van der Waals surface area contributed by atoms with Gasteiger partial charge in [0.05, 0.1) is 5.69 Å². The highest BCUT2D eigenvalue weighted by molar-refractivity contribution is 6.01. The van der Waals surface area contributed by atoms with Crippen molar-refractivity contribution >= 4 is 28.2 Å². The van der Waals surface area contributed by atoms with E-state index in [-0.39, 0.29) is 6.03 Å². The zero-order valence-electron chi connectivity index (χ0n) is 14.7. The number of fused-ring (bicyclic) bond motifs is 1. The molecule has 3 aromatic rings. The molecule has 0 aliphatic carbocycles. The van der Waals surface area contributed by atoms with Gasteiger partial charge in [-0.3, -0.25) is 0 Å². The molecule has 1 fully saturated rings. The maximum Gasteiger partial charge on any atom is 0.319 e. The first-order chi connectivity index (χ1) is 12.8. The lowest BCUT2D eigenvalue weighted by atomic mass is 10.1. The van der Waals surface area contributed by atoms with Gasteiger partial charge in [-0.2, -0.15) is 0 Å². The number of urea groups is 1. The Morgan fingerprint density at radius 1 is 0.962 bits per heavy atom. The highest BCUT2D eigenvalue weighted by Gasteiger charge is 2.23. The largest absolute Gasteiger partial charge is 0.371 e. The van der Waals surface area contributed by atoms with Gasteiger partial charge in [0.1, 0.15) is 0 Å². The molecule has 0 bridgehead atoms. The highest BCUT2D eigenvalue weighted by atomic mass is 16.2. The lowest BCUT2D eigenvalue weighted by Crippen LogP contribution is -2.34. The van der Waals surface area contributed by atoms with Crippen molar-refractivity contribution in [2.24, 2.45) is 5.92 Å². The lowest BCUT2D eigenvalue weighted by Gasteiger charge is -2.18. The Hall–Kier alpha value is -3.01. The van der Waals surface area contributed by atoms with E-state index < -0.39 is 0 Å². The van der Waals surface area contributed by atoms with E-state index in [0.717, 1.165) is 36.0 Å². The fourth-order valence-electron chi connectivity index (χ4n) is 3.61. The molecule has 4 heteroatoms. The Balaban J connectivity index is 1.32. The number of benzene rings is 3. The number of anilines is 2. The summed E-state index contributed by atoms with van der Waals surface area (Å²) in [5, 5.41) is 8.20. The van der Waals surface area contributed by atoms with Gasteiger partial charge in [-0.15, -0.1) is 0 Å². The van der Waals surface area contributed by atoms with Crippen LogP contribution in [0.3, 0.4) is 0 Å². The number of rotatable bonds is 4. The van der Waals surface area contributed by atoms with E-state index in [0.29, 0.717) is 12.5 Å². The number of nitrogens with zero attached hydrogens (tertiary/aromatic N) is 1. The second-order valence-electron chi connectivity index (χ2n) is 6.80. The summed E-state index contributed by atoms with van der Waals surface area (Å²) in [6, 6.07) is 24.3. The summed E-state index contributed by atoms with van der Waals surface area (Å²) < 4.78 is 0. The van der Waals surface area contributed by atoms with Crippen molar-refractivity contribution in [3.05, 3.63) is 72.8 Å². The molecule has 0 radical (unpaired) electrons. The van der Waals surface area contributed by atoms with Gasteiger partial charge in [0.25, 0.3) is 0 Å². The molecule has 0 saturated carbocycles. The summed E-state index contributed by atoms with van der Waals surface area (Å²) >= 11 is 0. The van der Waals surface area contributed by atoms with E-state index in [2.05, 4.69) is 51.9 Å². The van der Waals surface area contributed by atoms with Crippen LogP contribution < -0.4 is 15.5 Å². The summed E-state index contributed by atoms with van der Waals surface area (Å²) in [5.74, 6) is 0.480. The molecule has 2 amide bonds. The van der Waals surface area contributed by atoms with E-state index in [4.69, 9.17) is 0 Å². The third-order valence-electron chi connectivity index (χ3n) is 5.00. The predicted octanol–water partition coefficient (Wildman–Crippen LogP) is 4.49. The van der Waals surface area contributed by atoms with Crippen LogP contribution in [0.15, 0.2) is 72.8 Å². The quantitative estimate of drug-likeness (QED) is 0.732. The third-order valence-corrected chi connectivity index (χ3v) is 5.00. The number of amides is 2. The summed E-state index contributed by atoms with van der Waals surface area (Å²) in [7, 11) is 0. The monoisotopic (exact) mass is 345 g/mol. The third kappa shape index (κ3) is 3.64. The van der Waals surface area contributed by atoms with Crippen molar-refractivity contribution in [1.29, 1.82) is 0 Å².